The Morgan fingerprint density at radius 3 is 1.38 bits per heavy atom. The van der Waals surface area contributed by atoms with E-state index in [1.807, 2.05) is 0 Å². The summed E-state index contributed by atoms with van der Waals surface area (Å²) in [6.45, 7) is 0. The molecule has 4 unspecified atom stereocenters. The number of nitrogens with zero attached hydrogens (tertiary/aromatic N) is 2. The summed E-state index contributed by atoms with van der Waals surface area (Å²) in [4.78, 5) is 0. The zero-order valence-electron chi connectivity index (χ0n) is 14.3. The first kappa shape index (κ1) is 18.0. The molecule has 0 saturated carbocycles. The molecular formula is C18H18N2P4Si2. The van der Waals surface area contributed by atoms with E-state index in [4.69, 9.17) is 9.53 Å². The van der Waals surface area contributed by atoms with Crippen LogP contribution in [0.1, 0.15) is 22.3 Å². The maximum Gasteiger partial charge on any atom is 0.148 e. The molecule has 2 aromatic carbocycles. The van der Waals surface area contributed by atoms with Crippen molar-refractivity contribution >= 4 is 59.8 Å². The first-order valence-corrected chi connectivity index (χ1v) is 20.2. The van der Waals surface area contributed by atoms with E-state index in [9.17, 15) is 0 Å². The van der Waals surface area contributed by atoms with Crippen molar-refractivity contribution in [1.82, 2.24) is 0 Å². The minimum Gasteiger partial charge on any atom is -0.274 e. The lowest BCUT2D eigenvalue weighted by molar-refractivity contribution is 1.27. The second kappa shape index (κ2) is 8.12. The van der Waals surface area contributed by atoms with Crippen molar-refractivity contribution in [3.63, 3.8) is 0 Å². The minimum atomic E-state index is -0.187. The molecule has 5 rings (SSSR count). The third-order valence-electron chi connectivity index (χ3n) is 4.71. The number of hydrogen-bond donors (Lipinski definition) is 0. The maximum atomic E-state index is 4.99. The van der Waals surface area contributed by atoms with Gasteiger partial charge in [-0.2, -0.15) is 0 Å². The monoisotopic (exact) mass is 442 g/mol. The van der Waals surface area contributed by atoms with Crippen LogP contribution in [-0.4, -0.2) is 29.6 Å². The Balaban J connectivity index is 1.48. The normalized spacial score (nSPS) is 29.8. The van der Waals surface area contributed by atoms with Gasteiger partial charge in [-0.3, -0.25) is 9.53 Å². The highest BCUT2D eigenvalue weighted by Gasteiger charge is 2.27. The molecule has 0 spiro atoms. The first-order valence-electron chi connectivity index (χ1n) is 8.66. The fourth-order valence-corrected chi connectivity index (χ4v) is 26.3. The summed E-state index contributed by atoms with van der Waals surface area (Å²) in [5.41, 5.74) is 6.28. The second-order valence-electron chi connectivity index (χ2n) is 6.57. The van der Waals surface area contributed by atoms with Gasteiger partial charge in [0.25, 0.3) is 0 Å². The fraction of sp³-hybridized carbons (Fsp3) is 0.222. The number of benzene rings is 2. The van der Waals surface area contributed by atoms with Gasteiger partial charge in [-0.05, 0) is 34.6 Å². The molecule has 4 atom stereocenters. The molecule has 8 heteroatoms. The van der Waals surface area contributed by atoms with Gasteiger partial charge < -0.3 is 0 Å². The Bertz CT molecular complexity index is 738. The van der Waals surface area contributed by atoms with E-state index in [-0.39, 0.29) is 30.2 Å². The molecule has 0 aliphatic carbocycles. The molecule has 0 N–H and O–H groups in total. The molecule has 0 fully saturated rings. The summed E-state index contributed by atoms with van der Waals surface area (Å²) in [5.74, 6) is 4.70. The van der Waals surface area contributed by atoms with Crippen molar-refractivity contribution in [3.05, 3.63) is 70.8 Å². The predicted octanol–water partition coefficient (Wildman–Crippen LogP) is 6.31. The Hall–Kier alpha value is -0.0662. The SMILES string of the molecule is C1=NP2Cc3ccccc3CP3N=CP(Cc4ccccc4CP1[Si]2)[Si]3. The molecule has 3 heterocycles. The van der Waals surface area contributed by atoms with E-state index in [1.54, 1.807) is 22.3 Å². The van der Waals surface area contributed by atoms with Crippen LogP contribution in [0.2, 0.25) is 0 Å². The van der Waals surface area contributed by atoms with Gasteiger partial charge in [0.1, 0.15) is 17.7 Å². The summed E-state index contributed by atoms with van der Waals surface area (Å²) in [5, 5.41) is 0. The van der Waals surface area contributed by atoms with Crippen LogP contribution in [-0.2, 0) is 24.6 Å². The molecule has 26 heavy (non-hydrogen) atoms. The van der Waals surface area contributed by atoms with Crippen LogP contribution >= 0.6 is 30.2 Å². The van der Waals surface area contributed by atoms with Crippen molar-refractivity contribution in [2.45, 2.75) is 24.6 Å². The predicted molar refractivity (Wildman–Crippen MR) is 124 cm³/mol. The summed E-state index contributed by atoms with van der Waals surface area (Å²) in [6.07, 6.45) is 4.86. The van der Waals surface area contributed by atoms with Crippen LogP contribution in [0, 0.1) is 0 Å². The highest BCUT2D eigenvalue weighted by atomic mass is 31.6. The van der Waals surface area contributed by atoms with Crippen LogP contribution in [0.25, 0.3) is 0 Å². The molecule has 0 aromatic heterocycles. The molecule has 2 nitrogen and oxygen atoms in total. The van der Waals surface area contributed by atoms with Crippen molar-refractivity contribution < 1.29 is 0 Å². The smallest absolute Gasteiger partial charge is 0.148 e. The first-order chi connectivity index (χ1) is 12.8. The van der Waals surface area contributed by atoms with Gasteiger partial charge in [0.15, 0.2) is 0 Å². The molecule has 4 radical (unpaired) electrons. The molecule has 0 amide bonds. The summed E-state index contributed by atoms with van der Waals surface area (Å²) >= 11 is 0. The van der Waals surface area contributed by atoms with Gasteiger partial charge in [0.2, 0.25) is 0 Å². The number of fused-ring (bicyclic) bond motifs is 6. The van der Waals surface area contributed by atoms with E-state index in [0.29, 0.717) is 0 Å². The summed E-state index contributed by atoms with van der Waals surface area (Å²) < 4.78 is 9.98. The molecule has 128 valence electrons. The van der Waals surface area contributed by atoms with Gasteiger partial charge >= 0.3 is 0 Å². The average Bonchev–Trinajstić information content (AvgIpc) is 3.27. The largest absolute Gasteiger partial charge is 0.274 e. The number of rotatable bonds is 0. The Labute approximate surface area is 164 Å². The second-order valence-corrected chi connectivity index (χ2v) is 24.0. The quantitative estimate of drug-likeness (QED) is 0.337. The van der Waals surface area contributed by atoms with E-state index in [0.717, 1.165) is 17.7 Å². The van der Waals surface area contributed by atoms with Crippen molar-refractivity contribution in [3.8, 4) is 0 Å². The van der Waals surface area contributed by atoms with Crippen LogP contribution in [0.15, 0.2) is 58.1 Å². The van der Waals surface area contributed by atoms with E-state index < -0.39 is 0 Å². The zero-order valence-corrected chi connectivity index (χ0v) is 19.9. The van der Waals surface area contributed by atoms with Gasteiger partial charge in [-0.25, -0.2) is 0 Å². The topological polar surface area (TPSA) is 24.7 Å². The third kappa shape index (κ3) is 4.02. The van der Waals surface area contributed by atoms with Crippen LogP contribution < -0.4 is 0 Å². The van der Waals surface area contributed by atoms with E-state index in [1.165, 1.54) is 24.6 Å². The van der Waals surface area contributed by atoms with Crippen LogP contribution in [0.3, 0.4) is 0 Å². The Morgan fingerprint density at radius 1 is 0.577 bits per heavy atom. The third-order valence-corrected chi connectivity index (χ3v) is 25.3. The number of hydrogen-bond acceptors (Lipinski definition) is 2. The summed E-state index contributed by atoms with van der Waals surface area (Å²) in [6, 6.07) is 18.3. The van der Waals surface area contributed by atoms with Crippen molar-refractivity contribution in [2.24, 2.45) is 9.53 Å². The lowest BCUT2D eigenvalue weighted by Crippen LogP contribution is -1.99. The lowest BCUT2D eigenvalue weighted by atomic mass is 10.1. The van der Waals surface area contributed by atoms with Crippen molar-refractivity contribution in [2.75, 3.05) is 0 Å². The van der Waals surface area contributed by atoms with Gasteiger partial charge in [0, 0.05) is 39.5 Å². The fourth-order valence-electron chi connectivity index (χ4n) is 3.38. The molecule has 3 aliphatic heterocycles. The highest BCUT2D eigenvalue weighted by molar-refractivity contribution is 8.22. The molecule has 4 bridgehead atoms. The lowest BCUT2D eigenvalue weighted by Gasteiger charge is -2.18. The molecular weight excluding hydrogens is 424 g/mol. The van der Waals surface area contributed by atoms with Gasteiger partial charge in [0.05, 0.1) is 0 Å². The molecule has 3 aliphatic rings. The molecule has 0 saturated heterocycles. The maximum absolute atomic E-state index is 4.99. The Kier molecular flexibility index (Phi) is 5.62. The van der Waals surface area contributed by atoms with Crippen LogP contribution in [0.4, 0.5) is 0 Å². The van der Waals surface area contributed by atoms with Gasteiger partial charge in [-0.15, -0.1) is 0 Å². The average molecular weight is 442 g/mol. The van der Waals surface area contributed by atoms with E-state index >= 15 is 0 Å². The zero-order chi connectivity index (χ0) is 17.3. The van der Waals surface area contributed by atoms with Crippen molar-refractivity contribution in [1.29, 1.82) is 0 Å². The van der Waals surface area contributed by atoms with E-state index in [2.05, 4.69) is 60.4 Å². The summed E-state index contributed by atoms with van der Waals surface area (Å²) in [7, 11) is 1.64. The standard InChI is InChI=1S/C18H18N2P4Si2/c1-2-6-16-10-22-14-20-24(26-22)12-18-8-4-3-7-17(18)11-23-19-13-21(25-23)9-15(16)5-1/h1-8,13-14H,9-12H2. The molecule has 2 aromatic rings. The van der Waals surface area contributed by atoms with Gasteiger partial charge in [-0.1, -0.05) is 63.5 Å². The highest BCUT2D eigenvalue weighted by Crippen LogP contribution is 2.61. The Morgan fingerprint density at radius 2 is 0.962 bits per heavy atom. The van der Waals surface area contributed by atoms with Crippen LogP contribution in [0.5, 0.6) is 0 Å². The minimum absolute atomic E-state index is 0.0430.